The zero-order valence-corrected chi connectivity index (χ0v) is 11.6. The first-order chi connectivity index (χ1) is 8.79. The Labute approximate surface area is 119 Å². The lowest BCUT2D eigenvalue weighted by Gasteiger charge is -2.44. The third-order valence-electron chi connectivity index (χ3n) is 3.75. The molecule has 19 heavy (non-hydrogen) atoms. The highest BCUT2D eigenvalue weighted by Gasteiger charge is 2.41. The van der Waals surface area contributed by atoms with E-state index in [0.717, 1.165) is 31.6 Å². The molecular formula is C14H19ClN2O2. The van der Waals surface area contributed by atoms with E-state index >= 15 is 0 Å². The van der Waals surface area contributed by atoms with Crippen LogP contribution in [-0.2, 0) is 9.53 Å². The van der Waals surface area contributed by atoms with Gasteiger partial charge in [-0.25, -0.2) is 0 Å². The van der Waals surface area contributed by atoms with Gasteiger partial charge in [0.2, 0.25) is 0 Å². The molecule has 1 atom stereocenters. The molecule has 2 heterocycles. The number of halogens is 1. The van der Waals surface area contributed by atoms with Crippen LogP contribution >= 0.6 is 12.4 Å². The number of carbonyl (C=O) groups excluding carboxylic acids is 1. The first-order valence-electron chi connectivity index (χ1n) is 6.49. The lowest BCUT2D eigenvalue weighted by Crippen LogP contribution is -2.60. The van der Waals surface area contributed by atoms with Crippen molar-refractivity contribution >= 4 is 24.0 Å². The van der Waals surface area contributed by atoms with Crippen molar-refractivity contribution in [2.45, 2.75) is 18.4 Å². The molecule has 104 valence electrons. The first kappa shape index (κ1) is 14.3. The molecular weight excluding hydrogens is 264 g/mol. The molecule has 2 saturated heterocycles. The summed E-state index contributed by atoms with van der Waals surface area (Å²) in [5, 5.41) is 3.37. The first-order valence-corrected chi connectivity index (χ1v) is 6.49. The fourth-order valence-corrected chi connectivity index (χ4v) is 2.76. The monoisotopic (exact) mass is 282 g/mol. The van der Waals surface area contributed by atoms with Crippen molar-refractivity contribution in [1.82, 2.24) is 5.32 Å². The molecule has 4 nitrogen and oxygen atoms in total. The van der Waals surface area contributed by atoms with Gasteiger partial charge in [-0.05, 0) is 31.5 Å². The van der Waals surface area contributed by atoms with Crippen molar-refractivity contribution in [2.24, 2.45) is 0 Å². The van der Waals surface area contributed by atoms with Gasteiger partial charge in [0, 0.05) is 12.2 Å². The number of piperidine rings is 1. The molecule has 2 aliphatic rings. The molecule has 3 rings (SSSR count). The molecule has 2 fully saturated rings. The third kappa shape index (κ3) is 2.91. The van der Waals surface area contributed by atoms with Crippen molar-refractivity contribution in [3.05, 3.63) is 30.3 Å². The molecule has 0 aliphatic carbocycles. The van der Waals surface area contributed by atoms with Gasteiger partial charge in [-0.2, -0.15) is 0 Å². The quantitative estimate of drug-likeness (QED) is 0.851. The number of morpholine rings is 1. The third-order valence-corrected chi connectivity index (χ3v) is 3.75. The summed E-state index contributed by atoms with van der Waals surface area (Å²) in [6, 6.07) is 9.85. The summed E-state index contributed by atoms with van der Waals surface area (Å²) in [4.78, 5) is 13.9. The van der Waals surface area contributed by atoms with E-state index in [9.17, 15) is 4.79 Å². The average molecular weight is 283 g/mol. The van der Waals surface area contributed by atoms with Gasteiger partial charge < -0.3 is 15.0 Å². The highest BCUT2D eigenvalue weighted by atomic mass is 35.5. The van der Waals surface area contributed by atoms with Gasteiger partial charge in [0.1, 0.15) is 6.61 Å². The van der Waals surface area contributed by atoms with Gasteiger partial charge >= 0.3 is 0 Å². The van der Waals surface area contributed by atoms with E-state index in [1.807, 2.05) is 35.2 Å². The summed E-state index contributed by atoms with van der Waals surface area (Å²) in [5.41, 5.74) is 0.776. The normalized spacial score (nSPS) is 27.2. The highest BCUT2D eigenvalue weighted by molar-refractivity contribution is 5.95. The number of anilines is 1. The summed E-state index contributed by atoms with van der Waals surface area (Å²) in [6.07, 6.45) is 2.13. The van der Waals surface area contributed by atoms with E-state index in [1.54, 1.807) is 0 Å². The standard InChI is InChI=1S/C14H18N2O2.ClH/c17-13-9-18-14(7-4-8-15-10-14)11-16(13)12-5-2-1-3-6-12;/h1-3,5-6,15H,4,7-11H2;1H. The zero-order valence-electron chi connectivity index (χ0n) is 10.8. The Morgan fingerprint density at radius 3 is 2.74 bits per heavy atom. The number of nitrogens with one attached hydrogen (secondary N) is 1. The summed E-state index contributed by atoms with van der Waals surface area (Å²) < 4.78 is 5.82. The second-order valence-corrected chi connectivity index (χ2v) is 5.07. The van der Waals surface area contributed by atoms with E-state index in [1.165, 1.54) is 0 Å². The van der Waals surface area contributed by atoms with Crippen LogP contribution in [-0.4, -0.2) is 37.7 Å². The van der Waals surface area contributed by atoms with Gasteiger partial charge in [0.25, 0.3) is 5.91 Å². The Kier molecular flexibility index (Phi) is 4.45. The molecule has 0 saturated carbocycles. The van der Waals surface area contributed by atoms with Gasteiger partial charge in [0.15, 0.2) is 0 Å². The molecule has 0 bridgehead atoms. The molecule has 1 unspecified atom stereocenters. The molecule has 5 heteroatoms. The van der Waals surface area contributed by atoms with E-state index in [4.69, 9.17) is 4.74 Å². The minimum Gasteiger partial charge on any atom is -0.362 e. The van der Waals surface area contributed by atoms with Gasteiger partial charge in [-0.15, -0.1) is 12.4 Å². The Balaban J connectivity index is 0.00000133. The van der Waals surface area contributed by atoms with E-state index in [0.29, 0.717) is 6.54 Å². The second kappa shape index (κ2) is 5.90. The van der Waals surface area contributed by atoms with Crippen LogP contribution in [0.3, 0.4) is 0 Å². The lowest BCUT2D eigenvalue weighted by atomic mass is 9.91. The van der Waals surface area contributed by atoms with Crippen LogP contribution in [0, 0.1) is 0 Å². The van der Waals surface area contributed by atoms with Crippen LogP contribution in [0.1, 0.15) is 12.8 Å². The fraction of sp³-hybridized carbons (Fsp3) is 0.500. The Morgan fingerprint density at radius 1 is 1.26 bits per heavy atom. The van der Waals surface area contributed by atoms with E-state index < -0.39 is 0 Å². The van der Waals surface area contributed by atoms with Crippen LogP contribution in [0.15, 0.2) is 30.3 Å². The van der Waals surface area contributed by atoms with Crippen LogP contribution in [0.2, 0.25) is 0 Å². The van der Waals surface area contributed by atoms with Crippen molar-refractivity contribution in [3.63, 3.8) is 0 Å². The molecule has 0 radical (unpaired) electrons. The SMILES string of the molecule is Cl.O=C1COC2(CCCNC2)CN1c1ccccc1. The summed E-state index contributed by atoms with van der Waals surface area (Å²) >= 11 is 0. The molecule has 1 amide bonds. The summed E-state index contributed by atoms with van der Waals surface area (Å²) in [5.74, 6) is 0.0531. The van der Waals surface area contributed by atoms with Gasteiger partial charge in [-0.1, -0.05) is 18.2 Å². The molecule has 1 N–H and O–H groups in total. The molecule has 1 aromatic rings. The number of para-hydroxylation sites is 1. The van der Waals surface area contributed by atoms with Crippen molar-refractivity contribution in [2.75, 3.05) is 31.1 Å². The number of carbonyl (C=O) groups is 1. The number of hydrogen-bond donors (Lipinski definition) is 1. The highest BCUT2D eigenvalue weighted by Crippen LogP contribution is 2.28. The number of ether oxygens (including phenoxy) is 1. The molecule has 1 spiro atoms. The molecule has 0 aromatic heterocycles. The lowest BCUT2D eigenvalue weighted by molar-refractivity contribution is -0.140. The molecule has 1 aromatic carbocycles. The minimum absolute atomic E-state index is 0. The summed E-state index contributed by atoms with van der Waals surface area (Å²) in [6.45, 7) is 2.73. The van der Waals surface area contributed by atoms with E-state index in [-0.39, 0.29) is 30.5 Å². The Hall–Kier alpha value is -1.10. The van der Waals surface area contributed by atoms with Crippen LogP contribution in [0.4, 0.5) is 5.69 Å². The van der Waals surface area contributed by atoms with Gasteiger partial charge in [-0.3, -0.25) is 4.79 Å². The van der Waals surface area contributed by atoms with Crippen LogP contribution in [0.25, 0.3) is 0 Å². The maximum absolute atomic E-state index is 12.0. The largest absolute Gasteiger partial charge is 0.362 e. The van der Waals surface area contributed by atoms with Crippen LogP contribution in [0.5, 0.6) is 0 Å². The number of hydrogen-bond acceptors (Lipinski definition) is 3. The van der Waals surface area contributed by atoms with Crippen molar-refractivity contribution in [3.8, 4) is 0 Å². The number of rotatable bonds is 1. The minimum atomic E-state index is -0.192. The van der Waals surface area contributed by atoms with Gasteiger partial charge in [0.05, 0.1) is 12.1 Å². The van der Waals surface area contributed by atoms with E-state index in [2.05, 4.69) is 5.32 Å². The molecule has 2 aliphatic heterocycles. The second-order valence-electron chi connectivity index (χ2n) is 5.07. The topological polar surface area (TPSA) is 41.6 Å². The predicted molar refractivity (Wildman–Crippen MR) is 76.8 cm³/mol. The van der Waals surface area contributed by atoms with Crippen molar-refractivity contribution < 1.29 is 9.53 Å². The summed E-state index contributed by atoms with van der Waals surface area (Å²) in [7, 11) is 0. The van der Waals surface area contributed by atoms with Crippen LogP contribution < -0.4 is 10.2 Å². The zero-order chi connectivity index (χ0) is 12.4. The van der Waals surface area contributed by atoms with Crippen molar-refractivity contribution in [1.29, 1.82) is 0 Å². The predicted octanol–water partition coefficient (Wildman–Crippen LogP) is 1.59. The Bertz CT molecular complexity index is 432. The maximum Gasteiger partial charge on any atom is 0.253 e. The average Bonchev–Trinajstić information content (AvgIpc) is 2.44. The number of amides is 1. The Morgan fingerprint density at radius 2 is 2.05 bits per heavy atom. The smallest absolute Gasteiger partial charge is 0.253 e. The maximum atomic E-state index is 12.0. The number of nitrogens with zero attached hydrogens (tertiary/aromatic N) is 1. The fourth-order valence-electron chi connectivity index (χ4n) is 2.76. The number of benzene rings is 1.